The highest BCUT2D eigenvalue weighted by atomic mass is 16.6. The van der Waals surface area contributed by atoms with Gasteiger partial charge in [-0.3, -0.25) is 14.2 Å². The second-order valence-corrected chi connectivity index (χ2v) is 6.25. The first-order valence-electron chi connectivity index (χ1n) is 7.95. The third kappa shape index (κ3) is 3.17. The highest BCUT2D eigenvalue weighted by molar-refractivity contribution is 5.75. The molecule has 1 fully saturated rings. The van der Waals surface area contributed by atoms with Crippen molar-refractivity contribution in [2.24, 2.45) is 11.7 Å². The first kappa shape index (κ1) is 16.6. The standard InChI is InChI=1S/C15H21N5O4/c1-8(2)11(16)15(22)23-5-9-3-4-10(24-9)20-7-19-12-13(20)17-6-18-14(12)21/h6-11H,3-5,16H2,1-2H3,(H,17,18,21)/t9-,10+,11-/m0/s1. The molecule has 0 unspecified atom stereocenters. The van der Waals surface area contributed by atoms with Crippen LogP contribution >= 0.6 is 0 Å². The highest BCUT2D eigenvalue weighted by Gasteiger charge is 2.30. The van der Waals surface area contributed by atoms with Gasteiger partial charge in [0, 0.05) is 0 Å². The lowest BCUT2D eigenvalue weighted by molar-refractivity contribution is -0.151. The predicted octanol–water partition coefficient (Wildman–Crippen LogP) is 0.324. The molecule has 0 bridgehead atoms. The third-order valence-electron chi connectivity index (χ3n) is 4.16. The minimum atomic E-state index is -0.629. The zero-order chi connectivity index (χ0) is 17.3. The van der Waals surface area contributed by atoms with E-state index >= 15 is 0 Å². The zero-order valence-electron chi connectivity index (χ0n) is 13.6. The van der Waals surface area contributed by atoms with Gasteiger partial charge in [-0.15, -0.1) is 0 Å². The summed E-state index contributed by atoms with van der Waals surface area (Å²) in [6.07, 6.45) is 3.84. The van der Waals surface area contributed by atoms with Gasteiger partial charge in [-0.05, 0) is 18.8 Å². The largest absolute Gasteiger partial charge is 0.462 e. The van der Waals surface area contributed by atoms with E-state index in [-0.39, 0.29) is 35.9 Å². The highest BCUT2D eigenvalue weighted by Crippen LogP contribution is 2.30. The fourth-order valence-electron chi connectivity index (χ4n) is 2.63. The number of carbonyl (C=O) groups excluding carboxylic acids is 1. The lowest BCUT2D eigenvalue weighted by atomic mass is 10.1. The molecule has 9 heteroatoms. The summed E-state index contributed by atoms with van der Waals surface area (Å²) in [4.78, 5) is 34.2. The van der Waals surface area contributed by atoms with Gasteiger partial charge in [0.05, 0.1) is 18.8 Å². The van der Waals surface area contributed by atoms with Gasteiger partial charge in [0.15, 0.2) is 11.2 Å². The molecule has 3 atom stereocenters. The van der Waals surface area contributed by atoms with E-state index in [1.165, 1.54) is 6.33 Å². The Kier molecular flexibility index (Phi) is 4.63. The molecular formula is C15H21N5O4. The van der Waals surface area contributed by atoms with Crippen molar-refractivity contribution in [3.63, 3.8) is 0 Å². The van der Waals surface area contributed by atoms with Crippen molar-refractivity contribution in [1.29, 1.82) is 0 Å². The monoisotopic (exact) mass is 335 g/mol. The summed E-state index contributed by atoms with van der Waals surface area (Å²) < 4.78 is 12.9. The van der Waals surface area contributed by atoms with Gasteiger partial charge in [0.1, 0.15) is 18.9 Å². The molecule has 9 nitrogen and oxygen atoms in total. The van der Waals surface area contributed by atoms with Crippen molar-refractivity contribution in [1.82, 2.24) is 19.5 Å². The molecule has 2 aromatic heterocycles. The Labute approximate surface area is 138 Å². The maximum absolute atomic E-state index is 11.8. The fraction of sp³-hybridized carbons (Fsp3) is 0.600. The average molecular weight is 335 g/mol. The predicted molar refractivity (Wildman–Crippen MR) is 85.1 cm³/mol. The summed E-state index contributed by atoms with van der Waals surface area (Å²) in [5, 5.41) is 0. The molecule has 3 heterocycles. The first-order chi connectivity index (χ1) is 11.5. The van der Waals surface area contributed by atoms with Crippen LogP contribution in [-0.2, 0) is 14.3 Å². The van der Waals surface area contributed by atoms with Crippen LogP contribution in [0.3, 0.4) is 0 Å². The molecule has 24 heavy (non-hydrogen) atoms. The minimum absolute atomic E-state index is 0.0243. The lowest BCUT2D eigenvalue weighted by Gasteiger charge is -2.18. The Hall–Kier alpha value is -2.26. The minimum Gasteiger partial charge on any atom is -0.462 e. The summed E-state index contributed by atoms with van der Waals surface area (Å²) in [6.45, 7) is 3.90. The van der Waals surface area contributed by atoms with Crippen LogP contribution in [-0.4, -0.2) is 44.2 Å². The number of hydrogen-bond donors (Lipinski definition) is 2. The fourth-order valence-corrected chi connectivity index (χ4v) is 2.63. The molecule has 1 aliphatic rings. The Morgan fingerprint density at radius 1 is 1.50 bits per heavy atom. The lowest BCUT2D eigenvalue weighted by Crippen LogP contribution is -2.38. The van der Waals surface area contributed by atoms with Crippen molar-refractivity contribution >= 4 is 17.1 Å². The van der Waals surface area contributed by atoms with Crippen molar-refractivity contribution < 1.29 is 14.3 Å². The smallest absolute Gasteiger partial charge is 0.323 e. The van der Waals surface area contributed by atoms with Gasteiger partial charge < -0.3 is 20.2 Å². The molecule has 0 aliphatic carbocycles. The number of ether oxygens (including phenoxy) is 2. The number of rotatable bonds is 5. The van der Waals surface area contributed by atoms with E-state index in [1.54, 1.807) is 10.9 Å². The number of nitrogens with zero attached hydrogens (tertiary/aromatic N) is 3. The molecule has 2 aromatic rings. The van der Waals surface area contributed by atoms with E-state index < -0.39 is 12.0 Å². The van der Waals surface area contributed by atoms with Crippen LogP contribution in [0.25, 0.3) is 11.2 Å². The average Bonchev–Trinajstić information content (AvgIpc) is 3.18. The van der Waals surface area contributed by atoms with Gasteiger partial charge in [-0.25, -0.2) is 9.97 Å². The number of aromatic amines is 1. The van der Waals surface area contributed by atoms with Gasteiger partial charge >= 0.3 is 5.97 Å². The van der Waals surface area contributed by atoms with E-state index in [2.05, 4.69) is 15.0 Å². The summed E-state index contributed by atoms with van der Waals surface area (Å²) in [7, 11) is 0. The molecule has 0 radical (unpaired) electrons. The Bertz CT molecular complexity index is 784. The number of aromatic nitrogens is 4. The van der Waals surface area contributed by atoms with Crippen LogP contribution in [0.15, 0.2) is 17.4 Å². The van der Waals surface area contributed by atoms with Crippen LogP contribution in [0.2, 0.25) is 0 Å². The normalized spacial score (nSPS) is 22.2. The molecule has 1 saturated heterocycles. The zero-order valence-corrected chi connectivity index (χ0v) is 13.6. The second kappa shape index (κ2) is 6.70. The molecule has 130 valence electrons. The van der Waals surface area contributed by atoms with E-state index in [0.717, 1.165) is 12.8 Å². The number of carbonyl (C=O) groups is 1. The van der Waals surface area contributed by atoms with Crippen molar-refractivity contribution in [2.45, 2.75) is 45.1 Å². The van der Waals surface area contributed by atoms with Gasteiger partial charge in [0.25, 0.3) is 5.56 Å². The number of imidazole rings is 1. The van der Waals surface area contributed by atoms with E-state index in [9.17, 15) is 9.59 Å². The summed E-state index contributed by atoms with van der Waals surface area (Å²) in [5.41, 5.74) is 6.22. The van der Waals surface area contributed by atoms with Crippen molar-refractivity contribution in [3.05, 3.63) is 23.0 Å². The van der Waals surface area contributed by atoms with Crippen LogP contribution in [0.4, 0.5) is 0 Å². The summed E-state index contributed by atoms with van der Waals surface area (Å²) >= 11 is 0. The Morgan fingerprint density at radius 3 is 3.04 bits per heavy atom. The maximum atomic E-state index is 11.8. The van der Waals surface area contributed by atoms with E-state index in [1.807, 2.05) is 13.8 Å². The topological polar surface area (TPSA) is 125 Å². The van der Waals surface area contributed by atoms with Crippen LogP contribution < -0.4 is 11.3 Å². The third-order valence-corrected chi connectivity index (χ3v) is 4.16. The van der Waals surface area contributed by atoms with E-state index in [0.29, 0.717) is 5.65 Å². The number of hydrogen-bond acceptors (Lipinski definition) is 7. The van der Waals surface area contributed by atoms with Gasteiger partial charge in [-0.2, -0.15) is 0 Å². The Morgan fingerprint density at radius 2 is 2.29 bits per heavy atom. The van der Waals surface area contributed by atoms with Gasteiger partial charge in [-0.1, -0.05) is 13.8 Å². The number of nitrogens with one attached hydrogen (secondary N) is 1. The molecule has 3 rings (SSSR count). The van der Waals surface area contributed by atoms with Crippen LogP contribution in [0, 0.1) is 5.92 Å². The number of H-pyrrole nitrogens is 1. The van der Waals surface area contributed by atoms with Gasteiger partial charge in [0.2, 0.25) is 0 Å². The quantitative estimate of drug-likeness (QED) is 0.754. The molecule has 3 N–H and O–H groups in total. The summed E-state index contributed by atoms with van der Waals surface area (Å²) in [6, 6.07) is -0.629. The molecule has 1 aliphatic heterocycles. The number of esters is 1. The molecule has 0 saturated carbocycles. The van der Waals surface area contributed by atoms with Crippen LogP contribution in [0.1, 0.15) is 32.9 Å². The van der Waals surface area contributed by atoms with Crippen molar-refractivity contribution in [2.75, 3.05) is 6.61 Å². The Balaban J connectivity index is 1.62. The van der Waals surface area contributed by atoms with Crippen LogP contribution in [0.5, 0.6) is 0 Å². The maximum Gasteiger partial charge on any atom is 0.323 e. The molecule has 0 spiro atoms. The SMILES string of the molecule is CC(C)[C@H](N)C(=O)OC[C@@H]1CC[C@H](n2cnc3c(=O)[nH]cnc32)O1. The van der Waals surface area contributed by atoms with E-state index in [4.69, 9.17) is 15.2 Å². The number of nitrogens with two attached hydrogens (primary N) is 1. The summed E-state index contributed by atoms with van der Waals surface area (Å²) in [5.74, 6) is -0.394. The van der Waals surface area contributed by atoms with Crippen molar-refractivity contribution in [3.8, 4) is 0 Å². The molecular weight excluding hydrogens is 314 g/mol. The second-order valence-electron chi connectivity index (χ2n) is 6.25. The molecule has 0 aromatic carbocycles. The molecule has 0 amide bonds. The number of fused-ring (bicyclic) bond motifs is 1. The first-order valence-corrected chi connectivity index (χ1v) is 7.95.